The molecule has 0 atom stereocenters. The van der Waals surface area contributed by atoms with Crippen LogP contribution in [0, 0.1) is 11.7 Å². The highest BCUT2D eigenvalue weighted by molar-refractivity contribution is 6.12. The van der Waals surface area contributed by atoms with E-state index in [0.29, 0.717) is 19.0 Å². The maximum Gasteiger partial charge on any atom is 0.244 e. The van der Waals surface area contributed by atoms with Gasteiger partial charge in [0.25, 0.3) is 0 Å². The molecule has 4 aromatic rings. The van der Waals surface area contributed by atoms with E-state index in [0.717, 1.165) is 64.8 Å². The lowest BCUT2D eigenvalue weighted by Gasteiger charge is -2.32. The predicted octanol–water partition coefficient (Wildman–Crippen LogP) is 7.98. The fraction of sp³-hybridized carbons (Fsp3) is 0.378. The van der Waals surface area contributed by atoms with E-state index < -0.39 is 5.60 Å². The maximum absolute atomic E-state index is 14.1. The van der Waals surface area contributed by atoms with Crippen LogP contribution in [0.25, 0.3) is 34.0 Å². The Labute approximate surface area is 253 Å². The minimum atomic E-state index is -0.446. The van der Waals surface area contributed by atoms with Crippen molar-refractivity contribution in [3.05, 3.63) is 88.8 Å². The van der Waals surface area contributed by atoms with Gasteiger partial charge in [-0.05, 0) is 99.2 Å². The van der Waals surface area contributed by atoms with Crippen LogP contribution < -0.4 is 10.1 Å². The van der Waals surface area contributed by atoms with Gasteiger partial charge in [0, 0.05) is 52.1 Å². The highest BCUT2D eigenvalue weighted by Gasteiger charge is 2.27. The molecule has 6 heteroatoms. The van der Waals surface area contributed by atoms with Gasteiger partial charge in [0.1, 0.15) is 17.2 Å². The average Bonchev–Trinajstić information content (AvgIpc) is 3.33. The van der Waals surface area contributed by atoms with Crippen molar-refractivity contribution in [2.45, 2.75) is 65.0 Å². The zero-order chi connectivity index (χ0) is 30.4. The van der Waals surface area contributed by atoms with Crippen molar-refractivity contribution in [3.63, 3.8) is 0 Å². The van der Waals surface area contributed by atoms with Gasteiger partial charge in [-0.15, -0.1) is 0 Å². The minimum absolute atomic E-state index is 0.0380. The lowest BCUT2D eigenvalue weighted by molar-refractivity contribution is -0.116. The van der Waals surface area contributed by atoms with Crippen molar-refractivity contribution in [3.8, 4) is 5.75 Å². The summed E-state index contributed by atoms with van der Waals surface area (Å²) in [6.45, 7) is 13.8. The van der Waals surface area contributed by atoms with Crippen LogP contribution in [0.4, 0.5) is 4.39 Å². The number of likely N-dealkylation sites (tertiary alicyclic amines) is 1. The Morgan fingerprint density at radius 2 is 1.88 bits per heavy atom. The Hall–Kier alpha value is -3.90. The molecule has 5 nitrogen and oxygen atoms in total. The van der Waals surface area contributed by atoms with Crippen LogP contribution in [0.5, 0.6) is 5.75 Å². The second-order valence-electron chi connectivity index (χ2n) is 13.7. The molecule has 2 N–H and O–H groups in total. The monoisotopic (exact) mass is 579 g/mol. The summed E-state index contributed by atoms with van der Waals surface area (Å²) in [4.78, 5) is 18.9. The SMILES string of the molecule is CC1(C)C=Cc2c(c(/C=C/C(=O)NCC3CCN(Cc4ccccc4F)CC3)cc3c2[nH]c2ccc(C(C)(C)C)cc23)O1. The Balaban J connectivity index is 1.17. The number of piperidine rings is 1. The van der Waals surface area contributed by atoms with Crippen LogP contribution in [0.3, 0.4) is 0 Å². The molecule has 1 saturated heterocycles. The van der Waals surface area contributed by atoms with Gasteiger partial charge in [-0.25, -0.2) is 4.39 Å². The third kappa shape index (κ3) is 6.25. The first-order valence-electron chi connectivity index (χ1n) is 15.4. The minimum Gasteiger partial charge on any atom is -0.482 e. The zero-order valence-corrected chi connectivity index (χ0v) is 25.9. The van der Waals surface area contributed by atoms with E-state index in [2.05, 4.69) is 72.4 Å². The van der Waals surface area contributed by atoms with Crippen LogP contribution in [0.15, 0.2) is 60.7 Å². The molecule has 1 amide bonds. The summed E-state index contributed by atoms with van der Waals surface area (Å²) < 4.78 is 20.5. The Bertz CT molecular complexity index is 1730. The molecule has 224 valence electrons. The number of halogens is 1. The Kier molecular flexibility index (Phi) is 7.67. The number of carbonyl (C=O) groups excluding carboxylic acids is 1. The number of ether oxygens (including phenoxy) is 1. The molecular formula is C37H42FN3O2. The molecule has 0 aliphatic carbocycles. The van der Waals surface area contributed by atoms with Gasteiger partial charge in [-0.3, -0.25) is 9.69 Å². The van der Waals surface area contributed by atoms with Gasteiger partial charge < -0.3 is 15.0 Å². The number of aromatic amines is 1. The number of carbonyl (C=O) groups is 1. The molecule has 2 aliphatic rings. The van der Waals surface area contributed by atoms with Crippen molar-refractivity contribution >= 4 is 39.9 Å². The molecule has 0 bridgehead atoms. The summed E-state index contributed by atoms with van der Waals surface area (Å²) in [6, 6.07) is 15.8. The number of nitrogens with one attached hydrogen (secondary N) is 2. The molecular weight excluding hydrogens is 537 g/mol. The molecule has 0 unspecified atom stereocenters. The van der Waals surface area contributed by atoms with Gasteiger partial charge in [-0.1, -0.05) is 45.0 Å². The molecule has 1 aromatic heterocycles. The fourth-order valence-electron chi connectivity index (χ4n) is 6.20. The molecule has 0 saturated carbocycles. The molecule has 43 heavy (non-hydrogen) atoms. The largest absolute Gasteiger partial charge is 0.482 e. The number of hydrogen-bond donors (Lipinski definition) is 2. The fourth-order valence-corrected chi connectivity index (χ4v) is 6.20. The molecule has 0 spiro atoms. The second-order valence-corrected chi connectivity index (χ2v) is 13.7. The van der Waals surface area contributed by atoms with Crippen molar-refractivity contribution in [1.82, 2.24) is 15.2 Å². The van der Waals surface area contributed by atoms with Gasteiger partial charge in [-0.2, -0.15) is 0 Å². The number of fused-ring (bicyclic) bond motifs is 5. The van der Waals surface area contributed by atoms with E-state index in [1.807, 2.05) is 32.1 Å². The molecule has 1 fully saturated rings. The van der Waals surface area contributed by atoms with Crippen LogP contribution in [-0.2, 0) is 16.8 Å². The smallest absolute Gasteiger partial charge is 0.244 e. The highest BCUT2D eigenvalue weighted by atomic mass is 19.1. The third-order valence-corrected chi connectivity index (χ3v) is 8.84. The summed E-state index contributed by atoms with van der Waals surface area (Å²) >= 11 is 0. The number of H-pyrrole nitrogens is 1. The third-order valence-electron chi connectivity index (χ3n) is 8.84. The van der Waals surface area contributed by atoms with Crippen LogP contribution in [0.2, 0.25) is 0 Å². The van der Waals surface area contributed by atoms with Gasteiger partial charge >= 0.3 is 0 Å². The number of nitrogens with zero attached hydrogens (tertiary/aromatic N) is 1. The Morgan fingerprint density at radius 1 is 1.12 bits per heavy atom. The number of hydrogen-bond acceptors (Lipinski definition) is 3. The Morgan fingerprint density at radius 3 is 2.63 bits per heavy atom. The van der Waals surface area contributed by atoms with Crippen LogP contribution >= 0.6 is 0 Å². The summed E-state index contributed by atoms with van der Waals surface area (Å²) in [6.07, 6.45) is 9.69. The topological polar surface area (TPSA) is 57.4 Å². The first-order valence-corrected chi connectivity index (χ1v) is 15.4. The molecule has 6 rings (SSSR count). The van der Waals surface area contributed by atoms with Gasteiger partial charge in [0.15, 0.2) is 0 Å². The van der Waals surface area contributed by atoms with E-state index in [1.165, 1.54) is 17.0 Å². The van der Waals surface area contributed by atoms with Crippen molar-refractivity contribution in [2.24, 2.45) is 5.92 Å². The maximum atomic E-state index is 14.1. The van der Waals surface area contributed by atoms with E-state index in [-0.39, 0.29) is 17.1 Å². The summed E-state index contributed by atoms with van der Waals surface area (Å²) in [5, 5.41) is 5.40. The van der Waals surface area contributed by atoms with E-state index in [9.17, 15) is 9.18 Å². The van der Waals surface area contributed by atoms with Gasteiger partial charge in [0.2, 0.25) is 5.91 Å². The van der Waals surface area contributed by atoms with Gasteiger partial charge in [0.05, 0.1) is 5.52 Å². The predicted molar refractivity (Wildman–Crippen MR) is 175 cm³/mol. The zero-order valence-electron chi connectivity index (χ0n) is 25.9. The number of aromatic nitrogens is 1. The summed E-state index contributed by atoms with van der Waals surface area (Å²) in [5.74, 6) is 0.945. The molecule has 2 aliphatic heterocycles. The van der Waals surface area contributed by atoms with Crippen LogP contribution in [0.1, 0.15) is 69.7 Å². The van der Waals surface area contributed by atoms with E-state index >= 15 is 0 Å². The van der Waals surface area contributed by atoms with Crippen molar-refractivity contribution in [2.75, 3.05) is 19.6 Å². The number of benzene rings is 3. The lowest BCUT2D eigenvalue weighted by Crippen LogP contribution is -2.38. The lowest BCUT2D eigenvalue weighted by atomic mass is 9.86. The first-order chi connectivity index (χ1) is 20.5. The molecule has 0 radical (unpaired) electrons. The standard InChI is InChI=1S/C37H42FN3O2/c1-36(2,3)27-11-12-32-29(21-27)30-20-25(35-28(34(30)40-32)14-17-37(4,5)43-35)10-13-33(42)39-22-24-15-18-41(19-16-24)23-26-8-6-7-9-31(26)38/h6-14,17,20-21,24,40H,15-16,18-19,22-23H2,1-5H3,(H,39,42)/b13-10+. The first kappa shape index (κ1) is 29.2. The summed E-state index contributed by atoms with van der Waals surface area (Å²) in [7, 11) is 0. The molecule has 3 heterocycles. The van der Waals surface area contributed by atoms with E-state index in [1.54, 1.807) is 12.1 Å². The normalized spacial score (nSPS) is 17.4. The van der Waals surface area contributed by atoms with E-state index in [4.69, 9.17) is 4.74 Å². The number of rotatable bonds is 6. The second kappa shape index (κ2) is 11.3. The quantitative estimate of drug-likeness (QED) is 0.228. The van der Waals surface area contributed by atoms with Crippen LogP contribution in [-0.4, -0.2) is 41.0 Å². The van der Waals surface area contributed by atoms with Crippen molar-refractivity contribution in [1.29, 1.82) is 0 Å². The highest BCUT2D eigenvalue weighted by Crippen LogP contribution is 2.42. The number of amides is 1. The molecule has 3 aromatic carbocycles. The average molecular weight is 580 g/mol. The van der Waals surface area contributed by atoms with Crippen molar-refractivity contribution < 1.29 is 13.9 Å². The summed E-state index contributed by atoms with van der Waals surface area (Å²) in [5.41, 5.74) is 5.64.